The van der Waals surface area contributed by atoms with Crippen LogP contribution in [0.25, 0.3) is 0 Å². The molecule has 0 spiro atoms. The first-order valence-electron chi connectivity index (χ1n) is 8.59. The van der Waals surface area contributed by atoms with E-state index in [1.165, 1.54) is 0 Å². The molecule has 24 heavy (non-hydrogen) atoms. The Labute approximate surface area is 145 Å². The summed E-state index contributed by atoms with van der Waals surface area (Å²) in [4.78, 5) is 20.8. The monoisotopic (exact) mass is 331 g/mol. The SMILES string of the molecule is CC/C=C/C/C=C/C/C(=C/C/C=C/C/C=C/CCCC=O)[N+](=O)[O-]. The van der Waals surface area contributed by atoms with E-state index in [-0.39, 0.29) is 10.6 Å². The summed E-state index contributed by atoms with van der Waals surface area (Å²) in [6.45, 7) is 2.07. The van der Waals surface area contributed by atoms with Gasteiger partial charge in [-0.15, -0.1) is 0 Å². The molecule has 0 aromatic heterocycles. The minimum absolute atomic E-state index is 0.236. The van der Waals surface area contributed by atoms with Crippen LogP contribution in [0, 0.1) is 10.1 Å². The average Bonchev–Trinajstić information content (AvgIpc) is 2.57. The van der Waals surface area contributed by atoms with Gasteiger partial charge in [0.15, 0.2) is 0 Å². The lowest BCUT2D eigenvalue weighted by atomic mass is 10.2. The molecule has 4 nitrogen and oxygen atoms in total. The number of nitrogens with zero attached hydrogens (tertiary/aromatic N) is 1. The van der Waals surface area contributed by atoms with Crippen LogP contribution in [0.1, 0.15) is 58.3 Å². The second kappa shape index (κ2) is 17.1. The Kier molecular flexibility index (Phi) is 15.5. The molecule has 0 aliphatic rings. The lowest BCUT2D eigenvalue weighted by molar-refractivity contribution is -0.427. The van der Waals surface area contributed by atoms with E-state index in [0.717, 1.165) is 38.4 Å². The summed E-state index contributed by atoms with van der Waals surface area (Å²) in [5, 5.41) is 11.0. The molecule has 0 unspecified atom stereocenters. The molecule has 0 saturated carbocycles. The van der Waals surface area contributed by atoms with Crippen molar-refractivity contribution >= 4 is 6.29 Å². The van der Waals surface area contributed by atoms with E-state index < -0.39 is 0 Å². The standard InChI is InChI=1S/C20H29NO3/c1-2-3-4-5-11-14-17-20(21(23)24)18-15-12-9-7-6-8-10-13-16-19-22/h3-4,6,8-9,11-12,14,18-19H,2,5,7,10,13,15-17H2,1H3/b4-3+,8-6+,12-9+,14-11+,20-18-. The zero-order valence-corrected chi connectivity index (χ0v) is 14.6. The minimum atomic E-state index is -0.313. The Hall–Kier alpha value is -2.23. The van der Waals surface area contributed by atoms with E-state index >= 15 is 0 Å². The van der Waals surface area contributed by atoms with Gasteiger partial charge in [0.25, 0.3) is 0 Å². The molecule has 0 rings (SSSR count). The van der Waals surface area contributed by atoms with Gasteiger partial charge >= 0.3 is 0 Å². The summed E-state index contributed by atoms with van der Waals surface area (Å²) in [6, 6.07) is 0. The molecule has 0 aliphatic heterocycles. The van der Waals surface area contributed by atoms with Crippen molar-refractivity contribution in [2.45, 2.75) is 58.3 Å². The first kappa shape index (κ1) is 21.8. The number of unbranched alkanes of at least 4 members (excludes halogenated alkanes) is 2. The van der Waals surface area contributed by atoms with Gasteiger partial charge in [-0.3, -0.25) is 10.1 Å². The minimum Gasteiger partial charge on any atom is -0.303 e. The highest BCUT2D eigenvalue weighted by atomic mass is 16.6. The van der Waals surface area contributed by atoms with E-state index in [9.17, 15) is 14.9 Å². The molecule has 132 valence electrons. The van der Waals surface area contributed by atoms with Crippen LogP contribution in [-0.2, 0) is 4.79 Å². The van der Waals surface area contributed by atoms with E-state index in [2.05, 4.69) is 25.2 Å². The van der Waals surface area contributed by atoms with Crippen molar-refractivity contribution in [2.24, 2.45) is 0 Å². The quantitative estimate of drug-likeness (QED) is 0.135. The number of hydrogen-bond acceptors (Lipinski definition) is 3. The molecule has 0 fully saturated rings. The molecule has 0 amide bonds. The number of carbonyl (C=O) groups excluding carboxylic acids is 1. The summed E-state index contributed by atoms with van der Waals surface area (Å²) in [5.74, 6) is 0. The molecule has 0 bridgehead atoms. The fourth-order valence-corrected chi connectivity index (χ4v) is 1.88. The Balaban J connectivity index is 4.06. The van der Waals surface area contributed by atoms with Gasteiger partial charge in [0.2, 0.25) is 5.70 Å². The molecule has 0 aromatic carbocycles. The molecular weight excluding hydrogens is 302 g/mol. The van der Waals surface area contributed by atoms with Crippen LogP contribution in [0.3, 0.4) is 0 Å². The van der Waals surface area contributed by atoms with E-state index in [4.69, 9.17) is 0 Å². The third-order valence-electron chi connectivity index (χ3n) is 3.19. The van der Waals surface area contributed by atoms with Gasteiger partial charge in [-0.25, -0.2) is 0 Å². The van der Waals surface area contributed by atoms with Crippen LogP contribution in [0.2, 0.25) is 0 Å². The van der Waals surface area contributed by atoms with Gasteiger partial charge in [-0.1, -0.05) is 55.5 Å². The summed E-state index contributed by atoms with van der Waals surface area (Å²) < 4.78 is 0. The fraction of sp³-hybridized carbons (Fsp3) is 0.450. The highest BCUT2D eigenvalue weighted by Crippen LogP contribution is 2.06. The Morgan fingerprint density at radius 2 is 1.50 bits per heavy atom. The number of carbonyl (C=O) groups is 1. The molecule has 0 aromatic rings. The second-order valence-electron chi connectivity index (χ2n) is 5.26. The maximum absolute atomic E-state index is 11.0. The van der Waals surface area contributed by atoms with E-state index in [1.807, 2.05) is 30.4 Å². The van der Waals surface area contributed by atoms with Crippen LogP contribution < -0.4 is 0 Å². The Morgan fingerprint density at radius 3 is 2.17 bits per heavy atom. The van der Waals surface area contributed by atoms with E-state index in [0.29, 0.717) is 19.3 Å². The molecule has 0 saturated heterocycles. The normalized spacial score (nSPS) is 13.0. The summed E-state index contributed by atoms with van der Waals surface area (Å²) in [6.07, 6.45) is 24.6. The third-order valence-corrected chi connectivity index (χ3v) is 3.19. The van der Waals surface area contributed by atoms with Crippen LogP contribution >= 0.6 is 0 Å². The number of nitro groups is 1. The summed E-state index contributed by atoms with van der Waals surface area (Å²) in [5.41, 5.74) is 0.236. The maximum Gasteiger partial charge on any atom is 0.246 e. The molecule has 4 heteroatoms. The Morgan fingerprint density at radius 1 is 0.875 bits per heavy atom. The first-order valence-corrected chi connectivity index (χ1v) is 8.59. The van der Waals surface area contributed by atoms with Gasteiger partial charge < -0.3 is 4.79 Å². The highest BCUT2D eigenvalue weighted by Gasteiger charge is 2.06. The van der Waals surface area contributed by atoms with Crippen molar-refractivity contribution < 1.29 is 9.72 Å². The number of allylic oxidation sites excluding steroid dienone is 9. The van der Waals surface area contributed by atoms with Gasteiger partial charge in [0, 0.05) is 6.42 Å². The zero-order valence-electron chi connectivity index (χ0n) is 14.6. The number of hydrogen-bond donors (Lipinski definition) is 0. The molecule has 0 aliphatic carbocycles. The first-order chi connectivity index (χ1) is 11.7. The lowest BCUT2D eigenvalue weighted by Crippen LogP contribution is -1.97. The molecule has 0 heterocycles. The van der Waals surface area contributed by atoms with Crippen molar-refractivity contribution in [2.75, 3.05) is 0 Å². The molecule has 0 N–H and O–H groups in total. The van der Waals surface area contributed by atoms with Crippen molar-refractivity contribution in [3.05, 3.63) is 70.5 Å². The van der Waals surface area contributed by atoms with Crippen molar-refractivity contribution in [3.8, 4) is 0 Å². The summed E-state index contributed by atoms with van der Waals surface area (Å²) >= 11 is 0. The maximum atomic E-state index is 11.0. The highest BCUT2D eigenvalue weighted by molar-refractivity contribution is 5.49. The van der Waals surface area contributed by atoms with Gasteiger partial charge in [-0.2, -0.15) is 0 Å². The van der Waals surface area contributed by atoms with Crippen LogP contribution in [-0.4, -0.2) is 11.2 Å². The molecule has 0 radical (unpaired) electrons. The fourth-order valence-electron chi connectivity index (χ4n) is 1.88. The number of rotatable bonds is 14. The van der Waals surface area contributed by atoms with Gasteiger partial charge in [0.05, 0.1) is 11.3 Å². The average molecular weight is 331 g/mol. The summed E-state index contributed by atoms with van der Waals surface area (Å²) in [7, 11) is 0. The zero-order chi connectivity index (χ0) is 17.9. The topological polar surface area (TPSA) is 60.2 Å². The van der Waals surface area contributed by atoms with Gasteiger partial charge in [0.1, 0.15) is 6.29 Å². The van der Waals surface area contributed by atoms with Crippen LogP contribution in [0.15, 0.2) is 60.4 Å². The second-order valence-corrected chi connectivity index (χ2v) is 5.26. The van der Waals surface area contributed by atoms with Crippen molar-refractivity contribution in [1.29, 1.82) is 0 Å². The van der Waals surface area contributed by atoms with Crippen LogP contribution in [0.4, 0.5) is 0 Å². The Bertz CT molecular complexity index is 485. The van der Waals surface area contributed by atoms with Crippen molar-refractivity contribution in [3.63, 3.8) is 0 Å². The largest absolute Gasteiger partial charge is 0.303 e. The third kappa shape index (κ3) is 14.7. The molecule has 0 atom stereocenters. The van der Waals surface area contributed by atoms with Crippen LogP contribution in [0.5, 0.6) is 0 Å². The number of aldehydes is 1. The van der Waals surface area contributed by atoms with Crippen molar-refractivity contribution in [1.82, 2.24) is 0 Å². The predicted octanol–water partition coefficient (Wildman–Crippen LogP) is 5.71. The lowest BCUT2D eigenvalue weighted by Gasteiger charge is -1.93. The smallest absolute Gasteiger partial charge is 0.246 e. The molecular formula is C20H29NO3. The van der Waals surface area contributed by atoms with Gasteiger partial charge in [-0.05, 0) is 44.6 Å². The van der Waals surface area contributed by atoms with E-state index in [1.54, 1.807) is 6.08 Å². The predicted molar refractivity (Wildman–Crippen MR) is 100 cm³/mol.